The number of carbonyl (C=O) groups is 2. The number of aromatic nitrogens is 3. The van der Waals surface area contributed by atoms with E-state index >= 15 is 0 Å². The molecule has 2 amide bonds. The van der Waals surface area contributed by atoms with Gasteiger partial charge in [0.1, 0.15) is 35.3 Å². The fraction of sp³-hybridized carbons (Fsp3) is 0.575. The Kier molecular flexibility index (Phi) is 12.0. The molecule has 1 aromatic carbocycles. The van der Waals surface area contributed by atoms with Crippen molar-refractivity contribution in [2.75, 3.05) is 50.7 Å². The SMILES string of the molecule is CCN(C(=O)c1cc(F)ccc1Oc1cncnc1N1CCC(Oc2ccnc3c2CN(CC2CCN(C(=O)OC(C)(C)C)CC2)CC3)CC1)C(C)C. The zero-order chi connectivity index (χ0) is 37.7. The Hall–Kier alpha value is -4.52. The fourth-order valence-corrected chi connectivity index (χ4v) is 7.48. The van der Waals surface area contributed by atoms with E-state index in [-0.39, 0.29) is 35.5 Å². The molecule has 0 spiro atoms. The quantitative estimate of drug-likeness (QED) is 0.223. The Labute approximate surface area is 312 Å². The third-order valence-electron chi connectivity index (χ3n) is 10.2. The van der Waals surface area contributed by atoms with Crippen molar-refractivity contribution in [1.29, 1.82) is 0 Å². The standard InChI is InChI=1S/C40H54FN7O5/c1-7-48(27(2)3)38(49)31-22-29(41)8-9-34(31)52-36-23-42-26-44-37(36)46-20-13-30(14-21-46)51-35-10-16-43-33-15-17-45(25-32(33)35)24-28-11-18-47(19-12-28)39(50)53-40(4,5)6/h8-10,16,22-23,26-28,30H,7,11-15,17-21,24-25H2,1-6H3. The Bertz CT molecular complexity index is 1730. The number of pyridine rings is 1. The summed E-state index contributed by atoms with van der Waals surface area (Å²) in [5, 5.41) is 0. The molecule has 0 radical (unpaired) electrons. The summed E-state index contributed by atoms with van der Waals surface area (Å²) in [5.74, 6) is 1.90. The molecule has 53 heavy (non-hydrogen) atoms. The first-order chi connectivity index (χ1) is 25.4. The summed E-state index contributed by atoms with van der Waals surface area (Å²) in [6.45, 7) is 17.5. The van der Waals surface area contributed by atoms with E-state index in [0.29, 0.717) is 37.1 Å². The van der Waals surface area contributed by atoms with E-state index in [0.717, 1.165) is 76.3 Å². The number of piperidine rings is 2. The lowest BCUT2D eigenvalue weighted by Crippen LogP contribution is -2.44. The number of anilines is 1. The molecule has 3 aliphatic rings. The van der Waals surface area contributed by atoms with Crippen molar-refractivity contribution in [1.82, 2.24) is 29.7 Å². The predicted molar refractivity (Wildman–Crippen MR) is 200 cm³/mol. The molecule has 0 aliphatic carbocycles. The predicted octanol–water partition coefficient (Wildman–Crippen LogP) is 6.73. The number of amides is 2. The highest BCUT2D eigenvalue weighted by molar-refractivity contribution is 5.97. The van der Waals surface area contributed by atoms with Crippen LogP contribution in [0.5, 0.6) is 17.2 Å². The molecule has 0 atom stereocenters. The van der Waals surface area contributed by atoms with Crippen molar-refractivity contribution in [3.63, 3.8) is 0 Å². The van der Waals surface area contributed by atoms with E-state index in [2.05, 4.69) is 19.8 Å². The van der Waals surface area contributed by atoms with Gasteiger partial charge in [-0.2, -0.15) is 0 Å². The van der Waals surface area contributed by atoms with Crippen LogP contribution in [0.25, 0.3) is 0 Å². The van der Waals surface area contributed by atoms with Gasteiger partial charge in [-0.3, -0.25) is 14.7 Å². The number of benzene rings is 1. The fourth-order valence-electron chi connectivity index (χ4n) is 7.48. The molecule has 3 aliphatic heterocycles. The molecular formula is C40H54FN7O5. The molecule has 3 aromatic rings. The maximum atomic E-state index is 14.4. The van der Waals surface area contributed by atoms with Gasteiger partial charge in [0.05, 0.1) is 11.8 Å². The molecule has 0 saturated carbocycles. The second-order valence-corrected chi connectivity index (χ2v) is 15.6. The van der Waals surface area contributed by atoms with Crippen LogP contribution in [0, 0.1) is 11.7 Å². The van der Waals surface area contributed by atoms with E-state index < -0.39 is 11.4 Å². The van der Waals surface area contributed by atoms with Crippen LogP contribution in [0.2, 0.25) is 0 Å². The topological polar surface area (TPSA) is 113 Å². The average molecular weight is 732 g/mol. The average Bonchev–Trinajstić information content (AvgIpc) is 3.13. The highest BCUT2D eigenvalue weighted by atomic mass is 19.1. The van der Waals surface area contributed by atoms with E-state index in [1.54, 1.807) is 11.1 Å². The molecule has 0 bridgehead atoms. The first-order valence-electron chi connectivity index (χ1n) is 19.1. The number of nitrogens with zero attached hydrogens (tertiary/aromatic N) is 7. The minimum absolute atomic E-state index is 0.0221. The Morgan fingerprint density at radius 2 is 1.74 bits per heavy atom. The van der Waals surface area contributed by atoms with Gasteiger partial charge in [0.25, 0.3) is 5.91 Å². The number of hydrogen-bond acceptors (Lipinski definition) is 10. The van der Waals surface area contributed by atoms with Crippen molar-refractivity contribution in [3.05, 3.63) is 65.6 Å². The third kappa shape index (κ3) is 9.54. The molecule has 286 valence electrons. The normalized spacial score (nSPS) is 17.4. The Balaban J connectivity index is 1.05. The number of halogens is 1. The van der Waals surface area contributed by atoms with Crippen molar-refractivity contribution in [3.8, 4) is 17.2 Å². The van der Waals surface area contributed by atoms with Crippen LogP contribution in [-0.2, 0) is 17.7 Å². The minimum Gasteiger partial charge on any atom is -0.490 e. The van der Waals surface area contributed by atoms with Crippen LogP contribution in [0.4, 0.5) is 15.0 Å². The van der Waals surface area contributed by atoms with Gasteiger partial charge in [0, 0.05) is 95.1 Å². The van der Waals surface area contributed by atoms with Gasteiger partial charge >= 0.3 is 6.09 Å². The number of hydrogen-bond donors (Lipinski definition) is 0. The van der Waals surface area contributed by atoms with Crippen LogP contribution >= 0.6 is 0 Å². The summed E-state index contributed by atoms with van der Waals surface area (Å²) < 4.78 is 32.9. The molecule has 2 fully saturated rings. The van der Waals surface area contributed by atoms with Crippen molar-refractivity contribution in [2.24, 2.45) is 5.92 Å². The molecule has 0 unspecified atom stereocenters. The summed E-state index contributed by atoms with van der Waals surface area (Å²) in [7, 11) is 0. The van der Waals surface area contributed by atoms with E-state index in [4.69, 9.17) is 19.2 Å². The van der Waals surface area contributed by atoms with Crippen LogP contribution in [-0.4, -0.2) is 105 Å². The van der Waals surface area contributed by atoms with Crippen LogP contribution in [0.15, 0.2) is 43.0 Å². The van der Waals surface area contributed by atoms with Crippen LogP contribution in [0.1, 0.15) is 88.8 Å². The number of carbonyl (C=O) groups excluding carboxylic acids is 2. The summed E-state index contributed by atoms with van der Waals surface area (Å²) in [6, 6.07) is 5.94. The van der Waals surface area contributed by atoms with E-state index in [9.17, 15) is 14.0 Å². The maximum Gasteiger partial charge on any atom is 0.410 e. The second-order valence-electron chi connectivity index (χ2n) is 15.6. The molecule has 13 heteroatoms. The van der Waals surface area contributed by atoms with Crippen molar-refractivity contribution < 1.29 is 28.2 Å². The monoisotopic (exact) mass is 731 g/mol. The summed E-state index contributed by atoms with van der Waals surface area (Å²) in [5.41, 5.74) is 1.95. The largest absolute Gasteiger partial charge is 0.490 e. The van der Waals surface area contributed by atoms with Gasteiger partial charge < -0.3 is 28.9 Å². The number of fused-ring (bicyclic) bond motifs is 1. The van der Waals surface area contributed by atoms with Crippen molar-refractivity contribution in [2.45, 2.75) is 97.9 Å². The number of rotatable bonds is 10. The van der Waals surface area contributed by atoms with E-state index in [1.807, 2.05) is 58.7 Å². The van der Waals surface area contributed by atoms with Gasteiger partial charge in [-0.25, -0.2) is 19.2 Å². The van der Waals surface area contributed by atoms with Gasteiger partial charge in [-0.05, 0) is 84.6 Å². The zero-order valence-corrected chi connectivity index (χ0v) is 32.0. The molecule has 2 aromatic heterocycles. The molecule has 12 nitrogen and oxygen atoms in total. The zero-order valence-electron chi connectivity index (χ0n) is 32.0. The smallest absolute Gasteiger partial charge is 0.410 e. The molecule has 6 rings (SSSR count). The highest BCUT2D eigenvalue weighted by Gasteiger charge is 2.31. The lowest BCUT2D eigenvalue weighted by atomic mass is 9.95. The summed E-state index contributed by atoms with van der Waals surface area (Å²) >= 11 is 0. The molecular weight excluding hydrogens is 677 g/mol. The second kappa shape index (κ2) is 16.7. The highest BCUT2D eigenvalue weighted by Crippen LogP contribution is 2.35. The molecule has 5 heterocycles. The number of likely N-dealkylation sites (tertiary alicyclic amines) is 1. The first-order valence-corrected chi connectivity index (χ1v) is 19.1. The molecule has 2 saturated heterocycles. The van der Waals surface area contributed by atoms with Gasteiger partial charge in [-0.1, -0.05) is 0 Å². The van der Waals surface area contributed by atoms with Gasteiger partial charge in [0.2, 0.25) is 0 Å². The maximum absolute atomic E-state index is 14.4. The third-order valence-corrected chi connectivity index (χ3v) is 10.2. The number of ether oxygens (including phenoxy) is 3. The van der Waals surface area contributed by atoms with Crippen LogP contribution < -0.4 is 14.4 Å². The summed E-state index contributed by atoms with van der Waals surface area (Å²) in [6.07, 6.45) is 9.10. The van der Waals surface area contributed by atoms with Crippen LogP contribution in [0.3, 0.4) is 0 Å². The first kappa shape index (κ1) is 38.2. The lowest BCUT2D eigenvalue weighted by Gasteiger charge is -2.37. The van der Waals surface area contributed by atoms with Gasteiger partial charge in [0.15, 0.2) is 11.6 Å². The minimum atomic E-state index is -0.507. The Morgan fingerprint density at radius 3 is 2.43 bits per heavy atom. The van der Waals surface area contributed by atoms with E-state index in [1.165, 1.54) is 30.1 Å². The Morgan fingerprint density at radius 1 is 0.981 bits per heavy atom. The van der Waals surface area contributed by atoms with Crippen molar-refractivity contribution >= 4 is 17.8 Å². The summed E-state index contributed by atoms with van der Waals surface area (Å²) in [4.78, 5) is 47.6. The van der Waals surface area contributed by atoms with Gasteiger partial charge in [-0.15, -0.1) is 0 Å². The lowest BCUT2D eigenvalue weighted by molar-refractivity contribution is 0.0167. The molecule has 0 N–H and O–H groups in total.